The standard InChI is InChI=1S/C12H13BrN2O2S/c1-7(8-2-4-9(13)5-3-8)14-11(16)10-6-18-12(17)15-10/h2-5,7,10H,6H2,1H3,(H,14,16)(H,15,17)/t7-,10-/m0/s1. The summed E-state index contributed by atoms with van der Waals surface area (Å²) in [5, 5.41) is 5.39. The molecule has 6 heteroatoms. The van der Waals surface area contributed by atoms with Crippen LogP contribution in [0.15, 0.2) is 28.7 Å². The molecular formula is C12H13BrN2O2S. The Morgan fingerprint density at radius 2 is 2.17 bits per heavy atom. The Bertz CT molecular complexity index is 464. The number of nitrogens with one attached hydrogen (secondary N) is 2. The molecule has 1 heterocycles. The molecule has 0 radical (unpaired) electrons. The van der Waals surface area contributed by atoms with Crippen LogP contribution in [-0.2, 0) is 4.79 Å². The second-order valence-corrected chi connectivity index (χ2v) is 5.99. The molecule has 2 amide bonds. The van der Waals surface area contributed by atoms with Gasteiger partial charge in [0.2, 0.25) is 5.91 Å². The minimum atomic E-state index is -0.416. The Morgan fingerprint density at radius 3 is 2.72 bits per heavy atom. The first-order chi connectivity index (χ1) is 8.56. The molecule has 2 N–H and O–H groups in total. The summed E-state index contributed by atoms with van der Waals surface area (Å²) < 4.78 is 1.00. The molecule has 2 rings (SSSR count). The van der Waals surface area contributed by atoms with Gasteiger partial charge in [0.1, 0.15) is 6.04 Å². The molecule has 4 nitrogen and oxygen atoms in total. The van der Waals surface area contributed by atoms with E-state index in [0.717, 1.165) is 21.8 Å². The molecule has 0 saturated carbocycles. The second-order valence-electron chi connectivity index (χ2n) is 4.08. The predicted octanol–water partition coefficient (Wildman–Crippen LogP) is 2.45. The number of benzene rings is 1. The SMILES string of the molecule is C[C@H](NC(=O)[C@@H]1CSC(=O)N1)c1ccc(Br)cc1. The zero-order valence-electron chi connectivity index (χ0n) is 9.77. The zero-order chi connectivity index (χ0) is 13.1. The molecule has 0 unspecified atom stereocenters. The molecule has 1 aromatic carbocycles. The molecule has 2 atom stereocenters. The van der Waals surface area contributed by atoms with Crippen LogP contribution in [0, 0.1) is 0 Å². The maximum atomic E-state index is 11.9. The van der Waals surface area contributed by atoms with Crippen molar-refractivity contribution in [2.75, 3.05) is 5.75 Å². The summed E-state index contributed by atoms with van der Waals surface area (Å²) in [6, 6.07) is 7.29. The molecule has 1 aliphatic rings. The quantitative estimate of drug-likeness (QED) is 0.896. The first kappa shape index (κ1) is 13.4. The van der Waals surface area contributed by atoms with Gasteiger partial charge in [0.15, 0.2) is 0 Å². The highest BCUT2D eigenvalue weighted by atomic mass is 79.9. The van der Waals surface area contributed by atoms with Gasteiger partial charge < -0.3 is 10.6 Å². The molecular weight excluding hydrogens is 316 g/mol. The summed E-state index contributed by atoms with van der Waals surface area (Å²) in [4.78, 5) is 22.9. The highest BCUT2D eigenvalue weighted by Gasteiger charge is 2.28. The van der Waals surface area contributed by atoms with Crippen molar-refractivity contribution in [1.29, 1.82) is 0 Å². The predicted molar refractivity (Wildman–Crippen MR) is 75.5 cm³/mol. The van der Waals surface area contributed by atoms with Gasteiger partial charge in [0, 0.05) is 10.2 Å². The van der Waals surface area contributed by atoms with Crippen LogP contribution in [0.2, 0.25) is 0 Å². The minimum absolute atomic E-state index is 0.0758. The minimum Gasteiger partial charge on any atom is -0.348 e. The number of thioether (sulfide) groups is 1. The molecule has 1 aliphatic heterocycles. The van der Waals surface area contributed by atoms with Crippen molar-refractivity contribution in [3.05, 3.63) is 34.3 Å². The van der Waals surface area contributed by atoms with Crippen LogP contribution >= 0.6 is 27.7 Å². The monoisotopic (exact) mass is 328 g/mol. The Morgan fingerprint density at radius 1 is 1.50 bits per heavy atom. The number of halogens is 1. The summed E-state index contributed by atoms with van der Waals surface area (Å²) in [6.45, 7) is 1.92. The Kier molecular flexibility index (Phi) is 4.29. The fourth-order valence-electron chi connectivity index (χ4n) is 1.67. The maximum Gasteiger partial charge on any atom is 0.279 e. The third kappa shape index (κ3) is 3.26. The van der Waals surface area contributed by atoms with Crippen molar-refractivity contribution in [3.8, 4) is 0 Å². The molecule has 0 bridgehead atoms. The summed E-state index contributed by atoms with van der Waals surface area (Å²) in [5.74, 6) is 0.362. The van der Waals surface area contributed by atoms with E-state index in [2.05, 4.69) is 26.6 Å². The van der Waals surface area contributed by atoms with E-state index in [1.165, 1.54) is 0 Å². The first-order valence-corrected chi connectivity index (χ1v) is 7.33. The van der Waals surface area contributed by atoms with Crippen LogP contribution in [0.4, 0.5) is 4.79 Å². The van der Waals surface area contributed by atoms with E-state index in [9.17, 15) is 9.59 Å². The Balaban J connectivity index is 1.94. The lowest BCUT2D eigenvalue weighted by Crippen LogP contribution is -2.43. The van der Waals surface area contributed by atoms with Crippen LogP contribution in [-0.4, -0.2) is 22.9 Å². The van der Waals surface area contributed by atoms with E-state index in [4.69, 9.17) is 0 Å². The number of carbonyl (C=O) groups excluding carboxylic acids is 2. The summed E-state index contributed by atoms with van der Waals surface area (Å²) in [6.07, 6.45) is 0. The van der Waals surface area contributed by atoms with E-state index >= 15 is 0 Å². The van der Waals surface area contributed by atoms with Gasteiger partial charge in [-0.05, 0) is 24.6 Å². The van der Waals surface area contributed by atoms with E-state index in [1.807, 2.05) is 31.2 Å². The van der Waals surface area contributed by atoms with Gasteiger partial charge in [-0.2, -0.15) is 0 Å². The smallest absolute Gasteiger partial charge is 0.279 e. The van der Waals surface area contributed by atoms with Gasteiger partial charge in [-0.3, -0.25) is 9.59 Å². The van der Waals surface area contributed by atoms with Crippen LogP contribution in [0.25, 0.3) is 0 Å². The summed E-state index contributed by atoms with van der Waals surface area (Å²) in [5.41, 5.74) is 1.03. The van der Waals surface area contributed by atoms with Gasteiger partial charge >= 0.3 is 0 Å². The first-order valence-electron chi connectivity index (χ1n) is 5.55. The number of rotatable bonds is 3. The number of carbonyl (C=O) groups is 2. The third-order valence-electron chi connectivity index (χ3n) is 2.72. The van der Waals surface area contributed by atoms with E-state index in [-0.39, 0.29) is 17.2 Å². The van der Waals surface area contributed by atoms with Gasteiger partial charge in [0.05, 0.1) is 6.04 Å². The second kappa shape index (κ2) is 5.75. The van der Waals surface area contributed by atoms with Gasteiger partial charge in [-0.25, -0.2) is 0 Å². The summed E-state index contributed by atoms with van der Waals surface area (Å²) >= 11 is 4.51. The number of hydrogen-bond donors (Lipinski definition) is 2. The largest absolute Gasteiger partial charge is 0.348 e. The normalized spacial score (nSPS) is 20.3. The van der Waals surface area contributed by atoms with Crippen LogP contribution in [0.5, 0.6) is 0 Å². The molecule has 0 aliphatic carbocycles. The van der Waals surface area contributed by atoms with Crippen molar-refractivity contribution >= 4 is 38.8 Å². The van der Waals surface area contributed by atoms with Crippen molar-refractivity contribution in [1.82, 2.24) is 10.6 Å². The molecule has 0 aromatic heterocycles. The highest BCUT2D eigenvalue weighted by molar-refractivity contribution is 9.10. The number of hydrogen-bond acceptors (Lipinski definition) is 3. The molecule has 96 valence electrons. The molecule has 0 spiro atoms. The van der Waals surface area contributed by atoms with Crippen molar-refractivity contribution in [3.63, 3.8) is 0 Å². The fourth-order valence-corrected chi connectivity index (χ4v) is 2.72. The van der Waals surface area contributed by atoms with Crippen LogP contribution in [0.1, 0.15) is 18.5 Å². The summed E-state index contributed by atoms with van der Waals surface area (Å²) in [7, 11) is 0. The van der Waals surface area contributed by atoms with Gasteiger partial charge in [-0.1, -0.05) is 39.8 Å². The topological polar surface area (TPSA) is 58.2 Å². The fraction of sp³-hybridized carbons (Fsp3) is 0.333. The van der Waals surface area contributed by atoms with E-state index in [1.54, 1.807) is 0 Å². The highest BCUT2D eigenvalue weighted by Crippen LogP contribution is 2.18. The average molecular weight is 329 g/mol. The average Bonchev–Trinajstić information content (AvgIpc) is 2.76. The lowest BCUT2D eigenvalue weighted by Gasteiger charge is -2.17. The molecule has 1 aromatic rings. The van der Waals surface area contributed by atoms with Crippen molar-refractivity contribution in [2.24, 2.45) is 0 Å². The Hall–Kier alpha value is -1.01. The van der Waals surface area contributed by atoms with Gasteiger partial charge in [0.25, 0.3) is 5.24 Å². The van der Waals surface area contributed by atoms with Gasteiger partial charge in [-0.15, -0.1) is 0 Å². The zero-order valence-corrected chi connectivity index (χ0v) is 12.2. The lowest BCUT2D eigenvalue weighted by atomic mass is 10.1. The molecule has 1 fully saturated rings. The number of amides is 2. The van der Waals surface area contributed by atoms with Crippen LogP contribution in [0.3, 0.4) is 0 Å². The maximum absolute atomic E-state index is 11.9. The molecule has 18 heavy (non-hydrogen) atoms. The van der Waals surface area contributed by atoms with Crippen molar-refractivity contribution < 1.29 is 9.59 Å². The third-order valence-corrected chi connectivity index (χ3v) is 4.13. The van der Waals surface area contributed by atoms with Crippen LogP contribution < -0.4 is 10.6 Å². The lowest BCUT2D eigenvalue weighted by molar-refractivity contribution is -0.122. The molecule has 1 saturated heterocycles. The Labute approximate surface area is 118 Å². The van der Waals surface area contributed by atoms with Crippen molar-refractivity contribution in [2.45, 2.75) is 19.0 Å². The van der Waals surface area contributed by atoms with E-state index in [0.29, 0.717) is 5.75 Å². The van der Waals surface area contributed by atoms with E-state index < -0.39 is 6.04 Å².